The zero-order valence-corrected chi connectivity index (χ0v) is 18.8. The van der Waals surface area contributed by atoms with Crippen LogP contribution in [0.2, 0.25) is 0 Å². The number of hydrogen-bond acceptors (Lipinski definition) is 3. The summed E-state index contributed by atoms with van der Waals surface area (Å²) in [6.07, 6.45) is 20.2. The Morgan fingerprint density at radius 3 is 1.40 bits per heavy atom. The van der Waals surface area contributed by atoms with E-state index in [1.807, 2.05) is 0 Å². The Morgan fingerprint density at radius 2 is 1.07 bits per heavy atom. The van der Waals surface area contributed by atoms with Crippen LogP contribution in [0.15, 0.2) is 24.3 Å². The van der Waals surface area contributed by atoms with Crippen LogP contribution in [0.25, 0.3) is 0 Å². The van der Waals surface area contributed by atoms with Crippen molar-refractivity contribution in [1.29, 1.82) is 0 Å². The fourth-order valence-corrected chi connectivity index (χ4v) is 3.30. The molecule has 0 amide bonds. The predicted octanol–water partition coefficient (Wildman–Crippen LogP) is 7.42. The maximum Gasteiger partial charge on any atom is 0.339 e. The van der Waals surface area contributed by atoms with E-state index in [0.29, 0.717) is 6.42 Å². The first kappa shape index (κ1) is 28.0. The standard InChI is InChI=1S/C18H36O2.C7H6O3/c1-2-3-4-5-6-7-8-9-10-11-12-13-14-15-16-17-18(19)20;8-6-4-2-1-3-5(6)7(9)10/h2-17H2,1H3,(H,19,20);1-4,8H,(H,9,10). The van der Waals surface area contributed by atoms with Crippen LogP contribution in [0.3, 0.4) is 0 Å². The number of rotatable bonds is 17. The lowest BCUT2D eigenvalue weighted by Crippen LogP contribution is -1.95. The Kier molecular flexibility index (Phi) is 18.9. The minimum atomic E-state index is -1.11. The second-order valence-corrected chi connectivity index (χ2v) is 7.92. The molecule has 30 heavy (non-hydrogen) atoms. The lowest BCUT2D eigenvalue weighted by molar-refractivity contribution is -0.137. The van der Waals surface area contributed by atoms with Gasteiger partial charge >= 0.3 is 11.9 Å². The molecule has 0 heterocycles. The van der Waals surface area contributed by atoms with Gasteiger partial charge in [-0.3, -0.25) is 4.79 Å². The molecule has 0 aliphatic carbocycles. The van der Waals surface area contributed by atoms with Crippen molar-refractivity contribution in [3.8, 4) is 5.75 Å². The van der Waals surface area contributed by atoms with Crippen molar-refractivity contribution in [2.45, 2.75) is 110 Å². The monoisotopic (exact) mass is 422 g/mol. The molecule has 0 saturated heterocycles. The molecular weight excluding hydrogens is 380 g/mol. The van der Waals surface area contributed by atoms with Gasteiger partial charge in [0.25, 0.3) is 0 Å². The second-order valence-electron chi connectivity index (χ2n) is 7.92. The smallest absolute Gasteiger partial charge is 0.339 e. The Bertz CT molecular complexity index is 556. The van der Waals surface area contributed by atoms with Crippen LogP contribution in [-0.2, 0) is 4.79 Å². The van der Waals surface area contributed by atoms with Crippen LogP contribution in [0.1, 0.15) is 120 Å². The Morgan fingerprint density at radius 1 is 0.667 bits per heavy atom. The highest BCUT2D eigenvalue weighted by Crippen LogP contribution is 2.15. The Balaban J connectivity index is 0.000000696. The minimum Gasteiger partial charge on any atom is -0.507 e. The summed E-state index contributed by atoms with van der Waals surface area (Å²) in [7, 11) is 0. The van der Waals surface area contributed by atoms with Crippen LogP contribution in [0.5, 0.6) is 5.75 Å². The third kappa shape index (κ3) is 18.0. The normalized spacial score (nSPS) is 10.3. The Labute approximate surface area is 182 Å². The van der Waals surface area contributed by atoms with Crippen LogP contribution in [0, 0.1) is 0 Å². The summed E-state index contributed by atoms with van der Waals surface area (Å²) in [5.74, 6) is -1.97. The third-order valence-electron chi connectivity index (χ3n) is 5.13. The molecule has 1 aromatic rings. The molecule has 0 atom stereocenters. The molecule has 0 fully saturated rings. The maximum atomic E-state index is 10.3. The van der Waals surface area contributed by atoms with E-state index in [2.05, 4.69) is 6.92 Å². The van der Waals surface area contributed by atoms with Crippen LogP contribution >= 0.6 is 0 Å². The molecule has 0 unspecified atom stereocenters. The van der Waals surface area contributed by atoms with Gasteiger partial charge in [-0.1, -0.05) is 109 Å². The van der Waals surface area contributed by atoms with Crippen LogP contribution in [-0.4, -0.2) is 27.3 Å². The number of hydrogen-bond donors (Lipinski definition) is 3. The summed E-state index contributed by atoms with van der Waals surface area (Å²) in [5.41, 5.74) is -0.0671. The van der Waals surface area contributed by atoms with Crippen molar-refractivity contribution in [2.24, 2.45) is 0 Å². The molecule has 0 bridgehead atoms. The minimum absolute atomic E-state index is 0.0671. The summed E-state index contributed by atoms with van der Waals surface area (Å²) >= 11 is 0. The summed E-state index contributed by atoms with van der Waals surface area (Å²) < 4.78 is 0. The molecule has 0 saturated carbocycles. The lowest BCUT2D eigenvalue weighted by atomic mass is 10.0. The summed E-state index contributed by atoms with van der Waals surface area (Å²) in [6, 6.07) is 5.81. The van der Waals surface area contributed by atoms with Gasteiger partial charge in [-0.05, 0) is 18.6 Å². The number of phenols is 1. The number of unbranched alkanes of at least 4 members (excludes halogenated alkanes) is 14. The number of carboxylic acids is 2. The van der Waals surface area contributed by atoms with E-state index in [0.717, 1.165) is 12.8 Å². The molecule has 0 aromatic heterocycles. The van der Waals surface area contributed by atoms with Gasteiger partial charge in [-0.15, -0.1) is 0 Å². The van der Waals surface area contributed by atoms with Gasteiger partial charge in [-0.2, -0.15) is 0 Å². The van der Waals surface area contributed by atoms with E-state index in [-0.39, 0.29) is 11.3 Å². The lowest BCUT2D eigenvalue weighted by Gasteiger charge is -2.03. The topological polar surface area (TPSA) is 94.8 Å². The zero-order valence-electron chi connectivity index (χ0n) is 18.8. The van der Waals surface area contributed by atoms with Crippen molar-refractivity contribution < 1.29 is 24.9 Å². The van der Waals surface area contributed by atoms with Gasteiger partial charge in [-0.25, -0.2) is 4.79 Å². The number of carbonyl (C=O) groups is 2. The van der Waals surface area contributed by atoms with Crippen molar-refractivity contribution >= 4 is 11.9 Å². The van der Waals surface area contributed by atoms with Crippen molar-refractivity contribution in [2.75, 3.05) is 0 Å². The SMILES string of the molecule is CCCCCCCCCCCCCCCCCC(=O)O.O=C(O)c1ccccc1O. The molecule has 5 heteroatoms. The largest absolute Gasteiger partial charge is 0.507 e. The number of carboxylic acid groups (broad SMARTS) is 2. The number of para-hydroxylation sites is 1. The van der Waals surface area contributed by atoms with E-state index in [1.54, 1.807) is 12.1 Å². The maximum absolute atomic E-state index is 10.3. The number of aromatic hydroxyl groups is 1. The van der Waals surface area contributed by atoms with Crippen LogP contribution < -0.4 is 0 Å². The zero-order chi connectivity index (χ0) is 22.5. The van der Waals surface area contributed by atoms with Crippen molar-refractivity contribution in [3.05, 3.63) is 29.8 Å². The fourth-order valence-electron chi connectivity index (χ4n) is 3.30. The summed E-state index contributed by atoms with van der Waals surface area (Å²) in [5, 5.41) is 25.8. The van der Waals surface area contributed by atoms with E-state index in [1.165, 1.54) is 95.6 Å². The molecular formula is C25H42O5. The Hall–Kier alpha value is -2.04. The van der Waals surface area contributed by atoms with Gasteiger partial charge < -0.3 is 15.3 Å². The highest BCUT2D eigenvalue weighted by Gasteiger charge is 2.05. The molecule has 0 aliphatic rings. The average molecular weight is 423 g/mol. The van der Waals surface area contributed by atoms with E-state index in [9.17, 15) is 9.59 Å². The van der Waals surface area contributed by atoms with Crippen molar-refractivity contribution in [1.82, 2.24) is 0 Å². The predicted molar refractivity (Wildman–Crippen MR) is 122 cm³/mol. The number of aliphatic carboxylic acids is 1. The molecule has 0 radical (unpaired) electrons. The van der Waals surface area contributed by atoms with Gasteiger partial charge in [0.2, 0.25) is 0 Å². The molecule has 0 spiro atoms. The van der Waals surface area contributed by atoms with Gasteiger partial charge in [0.15, 0.2) is 0 Å². The van der Waals surface area contributed by atoms with Gasteiger partial charge in [0, 0.05) is 6.42 Å². The molecule has 172 valence electrons. The third-order valence-corrected chi connectivity index (χ3v) is 5.13. The molecule has 1 aromatic carbocycles. The molecule has 5 nitrogen and oxygen atoms in total. The first-order chi connectivity index (χ1) is 14.5. The number of benzene rings is 1. The quantitative estimate of drug-likeness (QED) is 0.227. The van der Waals surface area contributed by atoms with Crippen LogP contribution in [0.4, 0.5) is 0 Å². The van der Waals surface area contributed by atoms with Gasteiger partial charge in [0.05, 0.1) is 0 Å². The average Bonchev–Trinajstić information content (AvgIpc) is 2.71. The summed E-state index contributed by atoms with van der Waals surface area (Å²) in [6.45, 7) is 2.27. The van der Waals surface area contributed by atoms with E-state index >= 15 is 0 Å². The molecule has 1 rings (SSSR count). The first-order valence-corrected chi connectivity index (χ1v) is 11.7. The number of aromatic carboxylic acids is 1. The van der Waals surface area contributed by atoms with Gasteiger partial charge in [0.1, 0.15) is 11.3 Å². The second kappa shape index (κ2) is 20.2. The summed E-state index contributed by atoms with van der Waals surface area (Å²) in [4.78, 5) is 20.6. The highest BCUT2D eigenvalue weighted by atomic mass is 16.4. The van der Waals surface area contributed by atoms with E-state index in [4.69, 9.17) is 15.3 Å². The fraction of sp³-hybridized carbons (Fsp3) is 0.680. The van der Waals surface area contributed by atoms with E-state index < -0.39 is 11.9 Å². The molecule has 3 N–H and O–H groups in total. The highest BCUT2D eigenvalue weighted by molar-refractivity contribution is 5.90. The molecule has 0 aliphatic heterocycles. The first-order valence-electron chi connectivity index (χ1n) is 11.7. The van der Waals surface area contributed by atoms with Crippen molar-refractivity contribution in [3.63, 3.8) is 0 Å².